The highest BCUT2D eigenvalue weighted by Gasteiger charge is 2.38. The van der Waals surface area contributed by atoms with Crippen molar-refractivity contribution in [3.8, 4) is 0 Å². The molecule has 80 valence electrons. The van der Waals surface area contributed by atoms with Gasteiger partial charge in [0.2, 0.25) is 0 Å². The molecule has 0 aliphatic heterocycles. The van der Waals surface area contributed by atoms with Crippen LogP contribution in [0.4, 0.5) is 0 Å². The van der Waals surface area contributed by atoms with Gasteiger partial charge in [-0.3, -0.25) is 4.79 Å². The van der Waals surface area contributed by atoms with Crippen LogP contribution in [0, 0.1) is 11.8 Å². The molecular formula is C12H12Cl2O. The Morgan fingerprint density at radius 1 is 1.47 bits per heavy atom. The minimum atomic E-state index is 0.250. The highest BCUT2D eigenvalue weighted by Crippen LogP contribution is 2.39. The van der Waals surface area contributed by atoms with Crippen molar-refractivity contribution >= 4 is 29.0 Å². The fourth-order valence-corrected chi connectivity index (χ4v) is 2.15. The molecule has 0 aromatic heterocycles. The third-order valence-corrected chi connectivity index (χ3v) is 3.50. The van der Waals surface area contributed by atoms with Gasteiger partial charge in [0.15, 0.2) is 0 Å². The van der Waals surface area contributed by atoms with Crippen molar-refractivity contribution in [2.75, 3.05) is 0 Å². The standard InChI is InChI=1S/C12H12Cl2O/c1-7-4-10(7)12(15)6-8-5-9(13)2-3-11(8)14/h2-3,5,7,10H,4,6H2,1H3. The summed E-state index contributed by atoms with van der Waals surface area (Å²) in [4.78, 5) is 11.7. The molecule has 0 heterocycles. The van der Waals surface area contributed by atoms with Crippen LogP contribution in [-0.4, -0.2) is 5.78 Å². The first-order valence-corrected chi connectivity index (χ1v) is 5.80. The minimum absolute atomic E-state index is 0.250. The quantitative estimate of drug-likeness (QED) is 0.789. The average Bonchev–Trinajstić information content (AvgIpc) is 2.89. The molecule has 0 spiro atoms. The van der Waals surface area contributed by atoms with Gasteiger partial charge in [0.25, 0.3) is 0 Å². The number of carbonyl (C=O) groups excluding carboxylic acids is 1. The normalized spacial score (nSPS) is 23.9. The monoisotopic (exact) mass is 242 g/mol. The second-order valence-electron chi connectivity index (χ2n) is 4.20. The zero-order chi connectivity index (χ0) is 11.0. The van der Waals surface area contributed by atoms with Crippen LogP contribution in [0.5, 0.6) is 0 Å². The van der Waals surface area contributed by atoms with Crippen molar-refractivity contribution in [1.29, 1.82) is 0 Å². The molecule has 1 aliphatic carbocycles. The smallest absolute Gasteiger partial charge is 0.140 e. The molecule has 1 aromatic rings. The van der Waals surface area contributed by atoms with E-state index >= 15 is 0 Å². The molecule has 1 fully saturated rings. The van der Waals surface area contributed by atoms with Crippen LogP contribution in [0.2, 0.25) is 10.0 Å². The van der Waals surface area contributed by atoms with E-state index < -0.39 is 0 Å². The van der Waals surface area contributed by atoms with E-state index in [9.17, 15) is 4.79 Å². The predicted octanol–water partition coefficient (Wildman–Crippen LogP) is 3.76. The second-order valence-corrected chi connectivity index (χ2v) is 5.04. The molecule has 0 radical (unpaired) electrons. The van der Waals surface area contributed by atoms with Gasteiger partial charge in [-0.05, 0) is 36.1 Å². The lowest BCUT2D eigenvalue weighted by Gasteiger charge is -2.03. The number of rotatable bonds is 3. The Morgan fingerprint density at radius 3 is 2.73 bits per heavy atom. The van der Waals surface area contributed by atoms with E-state index in [1.54, 1.807) is 18.2 Å². The summed E-state index contributed by atoms with van der Waals surface area (Å²) >= 11 is 11.8. The van der Waals surface area contributed by atoms with Crippen LogP contribution >= 0.6 is 23.2 Å². The van der Waals surface area contributed by atoms with Gasteiger partial charge in [-0.1, -0.05) is 30.1 Å². The Balaban J connectivity index is 2.10. The first-order valence-electron chi connectivity index (χ1n) is 5.04. The van der Waals surface area contributed by atoms with E-state index in [0.29, 0.717) is 22.4 Å². The van der Waals surface area contributed by atoms with Crippen molar-refractivity contribution in [3.63, 3.8) is 0 Å². The number of hydrogen-bond donors (Lipinski definition) is 0. The lowest BCUT2D eigenvalue weighted by atomic mass is 10.1. The summed E-state index contributed by atoms with van der Waals surface area (Å²) in [6.45, 7) is 2.10. The molecule has 2 rings (SSSR count). The van der Waals surface area contributed by atoms with E-state index in [0.717, 1.165) is 12.0 Å². The molecule has 0 amide bonds. The van der Waals surface area contributed by atoms with Crippen LogP contribution in [0.15, 0.2) is 18.2 Å². The minimum Gasteiger partial charge on any atom is -0.299 e. The second kappa shape index (κ2) is 4.15. The Labute approximate surface area is 99.4 Å². The Kier molecular flexibility index (Phi) is 3.03. The van der Waals surface area contributed by atoms with E-state index in [2.05, 4.69) is 6.92 Å². The lowest BCUT2D eigenvalue weighted by Crippen LogP contribution is -2.06. The molecular weight excluding hydrogens is 231 g/mol. The fourth-order valence-electron chi connectivity index (χ4n) is 1.77. The summed E-state index contributed by atoms with van der Waals surface area (Å²) in [7, 11) is 0. The molecule has 2 atom stereocenters. The maximum atomic E-state index is 11.7. The summed E-state index contributed by atoms with van der Waals surface area (Å²) < 4.78 is 0. The molecule has 0 N–H and O–H groups in total. The van der Waals surface area contributed by atoms with Crippen LogP contribution in [-0.2, 0) is 11.2 Å². The topological polar surface area (TPSA) is 17.1 Å². The van der Waals surface area contributed by atoms with Crippen LogP contribution in [0.3, 0.4) is 0 Å². The van der Waals surface area contributed by atoms with E-state index in [4.69, 9.17) is 23.2 Å². The Morgan fingerprint density at radius 2 is 2.13 bits per heavy atom. The van der Waals surface area contributed by atoms with Crippen molar-refractivity contribution in [2.24, 2.45) is 11.8 Å². The van der Waals surface area contributed by atoms with Crippen molar-refractivity contribution in [1.82, 2.24) is 0 Å². The van der Waals surface area contributed by atoms with E-state index in [1.165, 1.54) is 0 Å². The van der Waals surface area contributed by atoms with Crippen molar-refractivity contribution < 1.29 is 4.79 Å². The summed E-state index contributed by atoms with van der Waals surface area (Å²) in [5.74, 6) is 1.09. The summed E-state index contributed by atoms with van der Waals surface area (Å²) in [5, 5.41) is 1.26. The summed E-state index contributed by atoms with van der Waals surface area (Å²) in [6, 6.07) is 5.25. The molecule has 1 aliphatic rings. The average molecular weight is 243 g/mol. The molecule has 1 nitrogen and oxygen atoms in total. The number of ketones is 1. The van der Waals surface area contributed by atoms with Crippen molar-refractivity contribution in [3.05, 3.63) is 33.8 Å². The highest BCUT2D eigenvalue weighted by atomic mass is 35.5. The molecule has 1 saturated carbocycles. The molecule has 1 aromatic carbocycles. The van der Waals surface area contributed by atoms with Gasteiger partial charge < -0.3 is 0 Å². The van der Waals surface area contributed by atoms with Crippen LogP contribution in [0.1, 0.15) is 18.9 Å². The number of Topliss-reactive ketones (excluding diaryl/α,β-unsaturated/α-hetero) is 1. The maximum Gasteiger partial charge on any atom is 0.140 e. The summed E-state index contributed by atoms with van der Waals surface area (Å²) in [6.07, 6.45) is 1.44. The van der Waals surface area contributed by atoms with Gasteiger partial charge in [-0.25, -0.2) is 0 Å². The summed E-state index contributed by atoms with van der Waals surface area (Å²) in [5.41, 5.74) is 0.841. The lowest BCUT2D eigenvalue weighted by molar-refractivity contribution is -0.119. The highest BCUT2D eigenvalue weighted by molar-refractivity contribution is 6.33. The van der Waals surface area contributed by atoms with Gasteiger partial charge in [0.05, 0.1) is 0 Å². The third kappa shape index (κ3) is 2.53. The van der Waals surface area contributed by atoms with Gasteiger partial charge in [-0.2, -0.15) is 0 Å². The van der Waals surface area contributed by atoms with Gasteiger partial charge in [-0.15, -0.1) is 0 Å². The molecule has 3 heteroatoms. The largest absolute Gasteiger partial charge is 0.299 e. The third-order valence-electron chi connectivity index (χ3n) is 2.90. The van der Waals surface area contributed by atoms with E-state index in [1.807, 2.05) is 0 Å². The molecule has 0 saturated heterocycles. The zero-order valence-electron chi connectivity index (χ0n) is 8.47. The number of carbonyl (C=O) groups is 1. The maximum absolute atomic E-state index is 11.7. The molecule has 2 unspecified atom stereocenters. The van der Waals surface area contributed by atoms with Crippen LogP contribution in [0.25, 0.3) is 0 Å². The molecule has 15 heavy (non-hydrogen) atoms. The van der Waals surface area contributed by atoms with Crippen LogP contribution < -0.4 is 0 Å². The molecule has 0 bridgehead atoms. The predicted molar refractivity (Wildman–Crippen MR) is 62.4 cm³/mol. The number of hydrogen-bond acceptors (Lipinski definition) is 1. The number of benzene rings is 1. The SMILES string of the molecule is CC1CC1C(=O)Cc1cc(Cl)ccc1Cl. The first kappa shape index (κ1) is 11.0. The van der Waals surface area contributed by atoms with Crippen molar-refractivity contribution in [2.45, 2.75) is 19.8 Å². The van der Waals surface area contributed by atoms with E-state index in [-0.39, 0.29) is 11.7 Å². The zero-order valence-corrected chi connectivity index (χ0v) is 9.98. The Bertz CT molecular complexity index is 401. The van der Waals surface area contributed by atoms with Gasteiger partial charge in [0, 0.05) is 22.4 Å². The van der Waals surface area contributed by atoms with Gasteiger partial charge >= 0.3 is 0 Å². The first-order chi connectivity index (χ1) is 7.08. The fraction of sp³-hybridized carbons (Fsp3) is 0.417. The van der Waals surface area contributed by atoms with Gasteiger partial charge in [0.1, 0.15) is 5.78 Å². The number of halogens is 2. The Hall–Kier alpha value is -0.530.